The van der Waals surface area contributed by atoms with E-state index in [0.29, 0.717) is 22.3 Å². The first-order chi connectivity index (χ1) is 9.74. The van der Waals surface area contributed by atoms with Gasteiger partial charge in [0.2, 0.25) is 0 Å². The maximum Gasteiger partial charge on any atom is 0.252 e. The molecule has 0 aliphatic heterocycles. The molecular weight excluding hydrogens is 276 g/mol. The Morgan fingerprint density at radius 1 is 1.10 bits per heavy atom. The van der Waals surface area contributed by atoms with Crippen molar-refractivity contribution in [3.8, 4) is 5.69 Å². The molecule has 0 radical (unpaired) electrons. The summed E-state index contributed by atoms with van der Waals surface area (Å²) in [4.78, 5) is 0. The highest BCUT2D eigenvalue weighted by molar-refractivity contribution is 6.33. The molecule has 0 unspecified atom stereocenters. The number of benzene rings is 2. The van der Waals surface area contributed by atoms with E-state index >= 15 is 0 Å². The SMILES string of the molecule is Nc1ccc(Cl)c(Nc2nnnn2-c2ccccc2)c1. The lowest BCUT2D eigenvalue weighted by molar-refractivity contribution is 0.791. The van der Waals surface area contributed by atoms with Crippen LogP contribution in [0.15, 0.2) is 48.5 Å². The summed E-state index contributed by atoms with van der Waals surface area (Å²) < 4.78 is 1.58. The summed E-state index contributed by atoms with van der Waals surface area (Å²) >= 11 is 6.12. The molecule has 2 aromatic carbocycles. The Morgan fingerprint density at radius 2 is 1.90 bits per heavy atom. The number of rotatable bonds is 3. The van der Waals surface area contributed by atoms with Crippen LogP contribution in [0, 0.1) is 0 Å². The molecule has 3 rings (SSSR count). The van der Waals surface area contributed by atoms with Gasteiger partial charge in [-0.2, -0.15) is 4.68 Å². The van der Waals surface area contributed by atoms with Crippen LogP contribution < -0.4 is 11.1 Å². The summed E-state index contributed by atoms with van der Waals surface area (Å²) in [6, 6.07) is 14.7. The summed E-state index contributed by atoms with van der Waals surface area (Å²) in [7, 11) is 0. The van der Waals surface area contributed by atoms with Crippen LogP contribution in [0.3, 0.4) is 0 Å². The number of para-hydroxylation sites is 1. The standard InChI is InChI=1S/C13H11ClN6/c14-11-7-6-9(15)8-12(11)16-13-17-18-19-20(13)10-4-2-1-3-5-10/h1-8H,15H2,(H,16,17,19). The van der Waals surface area contributed by atoms with Gasteiger partial charge in [0, 0.05) is 5.69 Å². The van der Waals surface area contributed by atoms with E-state index in [1.807, 2.05) is 30.3 Å². The minimum atomic E-state index is 0.462. The van der Waals surface area contributed by atoms with Gasteiger partial charge in [-0.25, -0.2) is 0 Å². The molecule has 3 aromatic rings. The summed E-state index contributed by atoms with van der Waals surface area (Å²) in [6.45, 7) is 0. The van der Waals surface area contributed by atoms with Gasteiger partial charge in [0.05, 0.1) is 16.4 Å². The van der Waals surface area contributed by atoms with Gasteiger partial charge >= 0.3 is 0 Å². The van der Waals surface area contributed by atoms with Gasteiger partial charge in [-0.05, 0) is 40.8 Å². The molecule has 1 heterocycles. The highest BCUT2D eigenvalue weighted by Gasteiger charge is 2.10. The first kappa shape index (κ1) is 12.4. The van der Waals surface area contributed by atoms with Crippen molar-refractivity contribution < 1.29 is 0 Å². The Balaban J connectivity index is 1.97. The van der Waals surface area contributed by atoms with Crippen LogP contribution in [0.1, 0.15) is 0 Å². The largest absolute Gasteiger partial charge is 0.399 e. The van der Waals surface area contributed by atoms with Gasteiger partial charge in [-0.1, -0.05) is 34.9 Å². The normalized spacial score (nSPS) is 10.4. The number of nitrogens with one attached hydrogen (secondary N) is 1. The van der Waals surface area contributed by atoms with Crippen molar-refractivity contribution in [3.05, 3.63) is 53.6 Å². The van der Waals surface area contributed by atoms with Crippen LogP contribution in [0.5, 0.6) is 0 Å². The third kappa shape index (κ3) is 2.41. The topological polar surface area (TPSA) is 81.7 Å². The average Bonchev–Trinajstić information content (AvgIpc) is 2.92. The summed E-state index contributed by atoms with van der Waals surface area (Å²) in [6.07, 6.45) is 0. The Bertz CT molecular complexity index is 725. The van der Waals surface area contributed by atoms with E-state index in [0.717, 1.165) is 5.69 Å². The molecule has 0 bridgehead atoms. The lowest BCUT2D eigenvalue weighted by Gasteiger charge is -2.09. The lowest BCUT2D eigenvalue weighted by atomic mass is 10.3. The van der Waals surface area contributed by atoms with Crippen LogP contribution in [0.2, 0.25) is 5.02 Å². The second-order valence-electron chi connectivity index (χ2n) is 4.11. The third-order valence-electron chi connectivity index (χ3n) is 2.71. The molecule has 0 fully saturated rings. The van der Waals surface area contributed by atoms with Gasteiger partial charge in [-0.15, -0.1) is 0 Å². The molecular formula is C13H11ClN6. The van der Waals surface area contributed by atoms with Gasteiger partial charge in [0.15, 0.2) is 0 Å². The van der Waals surface area contributed by atoms with Crippen molar-refractivity contribution in [2.24, 2.45) is 0 Å². The van der Waals surface area contributed by atoms with Crippen molar-refractivity contribution in [1.29, 1.82) is 0 Å². The molecule has 7 heteroatoms. The number of hydrogen-bond acceptors (Lipinski definition) is 5. The van der Waals surface area contributed by atoms with Crippen LogP contribution in [-0.2, 0) is 0 Å². The van der Waals surface area contributed by atoms with Gasteiger partial charge in [-0.3, -0.25) is 0 Å². The van der Waals surface area contributed by atoms with E-state index in [4.69, 9.17) is 17.3 Å². The van der Waals surface area contributed by atoms with Crippen LogP contribution in [-0.4, -0.2) is 20.2 Å². The number of aromatic nitrogens is 4. The minimum Gasteiger partial charge on any atom is -0.399 e. The number of nitrogens with two attached hydrogens (primary N) is 1. The van der Waals surface area contributed by atoms with Gasteiger partial charge in [0.1, 0.15) is 0 Å². The second-order valence-corrected chi connectivity index (χ2v) is 4.52. The molecule has 0 amide bonds. The zero-order valence-corrected chi connectivity index (χ0v) is 11.1. The van der Waals surface area contributed by atoms with Crippen molar-refractivity contribution in [3.63, 3.8) is 0 Å². The van der Waals surface area contributed by atoms with E-state index in [-0.39, 0.29) is 0 Å². The van der Waals surface area contributed by atoms with Gasteiger partial charge in [0.25, 0.3) is 5.95 Å². The molecule has 0 spiro atoms. The molecule has 0 saturated heterocycles. The molecule has 6 nitrogen and oxygen atoms in total. The zero-order chi connectivity index (χ0) is 13.9. The monoisotopic (exact) mass is 286 g/mol. The van der Waals surface area contributed by atoms with E-state index in [2.05, 4.69) is 20.8 Å². The number of tetrazole rings is 1. The molecule has 100 valence electrons. The Kier molecular flexibility index (Phi) is 3.22. The first-order valence-electron chi connectivity index (χ1n) is 5.90. The first-order valence-corrected chi connectivity index (χ1v) is 6.28. The molecule has 0 atom stereocenters. The van der Waals surface area contributed by atoms with Crippen molar-refractivity contribution in [2.45, 2.75) is 0 Å². The van der Waals surface area contributed by atoms with Crippen LogP contribution in [0.25, 0.3) is 5.69 Å². The summed E-state index contributed by atoms with van der Waals surface area (Å²) in [5.41, 5.74) is 7.85. The quantitative estimate of drug-likeness (QED) is 0.723. The predicted molar refractivity (Wildman–Crippen MR) is 78.3 cm³/mol. The van der Waals surface area contributed by atoms with E-state index in [9.17, 15) is 0 Å². The number of nitrogen functional groups attached to an aromatic ring is 1. The smallest absolute Gasteiger partial charge is 0.252 e. The number of halogens is 1. The van der Waals surface area contributed by atoms with Crippen molar-refractivity contribution in [1.82, 2.24) is 20.2 Å². The Labute approximate surface area is 120 Å². The second kappa shape index (κ2) is 5.18. The van der Waals surface area contributed by atoms with E-state index < -0.39 is 0 Å². The Hall–Kier alpha value is -2.60. The zero-order valence-electron chi connectivity index (χ0n) is 10.4. The van der Waals surface area contributed by atoms with Gasteiger partial charge < -0.3 is 11.1 Å². The van der Waals surface area contributed by atoms with Crippen molar-refractivity contribution in [2.75, 3.05) is 11.1 Å². The van der Waals surface area contributed by atoms with Crippen LogP contribution in [0.4, 0.5) is 17.3 Å². The fourth-order valence-corrected chi connectivity index (χ4v) is 1.93. The molecule has 0 aliphatic rings. The van der Waals surface area contributed by atoms with Crippen LogP contribution >= 0.6 is 11.6 Å². The maximum absolute atomic E-state index is 6.12. The lowest BCUT2D eigenvalue weighted by Crippen LogP contribution is -2.03. The molecule has 3 N–H and O–H groups in total. The highest BCUT2D eigenvalue weighted by atomic mass is 35.5. The average molecular weight is 287 g/mol. The number of anilines is 3. The van der Waals surface area contributed by atoms with Crippen molar-refractivity contribution >= 4 is 28.9 Å². The fraction of sp³-hybridized carbons (Fsp3) is 0. The predicted octanol–water partition coefficient (Wildman–Crippen LogP) is 2.64. The highest BCUT2D eigenvalue weighted by Crippen LogP contribution is 2.27. The third-order valence-corrected chi connectivity index (χ3v) is 3.04. The maximum atomic E-state index is 6.12. The Morgan fingerprint density at radius 3 is 2.70 bits per heavy atom. The molecule has 0 aliphatic carbocycles. The molecule has 0 saturated carbocycles. The fourth-order valence-electron chi connectivity index (χ4n) is 1.77. The number of nitrogens with zero attached hydrogens (tertiary/aromatic N) is 4. The van der Waals surface area contributed by atoms with E-state index in [1.165, 1.54) is 0 Å². The summed E-state index contributed by atoms with van der Waals surface area (Å²) in [5.74, 6) is 0.462. The van der Waals surface area contributed by atoms with E-state index in [1.54, 1.807) is 22.9 Å². The molecule has 1 aromatic heterocycles. The minimum absolute atomic E-state index is 0.462. The summed E-state index contributed by atoms with van der Waals surface area (Å²) in [5, 5.41) is 15.2. The molecule has 20 heavy (non-hydrogen) atoms. The number of hydrogen-bond donors (Lipinski definition) is 2.